The third-order valence-electron chi connectivity index (χ3n) is 1.25. The number of hydrogen-bond donors (Lipinski definition) is 1. The van der Waals surface area contributed by atoms with Crippen LogP contribution < -0.4 is 0 Å². The number of hydrogen-bond acceptors (Lipinski definition) is 3. The Bertz CT molecular complexity index is 447. The molecule has 0 aliphatic heterocycles. The molecule has 2 aromatic heterocycles. The minimum absolute atomic E-state index is 0.207. The molecule has 11 heavy (non-hydrogen) atoms. The van der Waals surface area contributed by atoms with E-state index in [4.69, 9.17) is 4.42 Å². The summed E-state index contributed by atoms with van der Waals surface area (Å²) < 4.78 is 17.4. The number of rotatable bonds is 0. The van der Waals surface area contributed by atoms with Crippen molar-refractivity contribution in [3.05, 3.63) is 22.9 Å². The molecule has 0 aromatic carbocycles. The molecule has 0 aliphatic rings. The molecule has 0 radical (unpaired) electrons. The van der Waals surface area contributed by atoms with Crippen LogP contribution in [0.4, 0.5) is 4.39 Å². The van der Waals surface area contributed by atoms with E-state index in [9.17, 15) is 4.39 Å². The first-order valence-electron chi connectivity index (χ1n) is 2.91. The van der Waals surface area contributed by atoms with Gasteiger partial charge in [-0.1, -0.05) is 0 Å². The summed E-state index contributed by atoms with van der Waals surface area (Å²) in [5.41, 5.74) is 0.811. The monoisotopic (exact) mass is 170 g/mol. The molecule has 0 atom stereocenters. The fourth-order valence-electron chi connectivity index (χ4n) is 0.817. The number of fused-ring (bicyclic) bond motifs is 1. The van der Waals surface area contributed by atoms with Gasteiger partial charge < -0.3 is 4.42 Å². The number of nitrogens with zero attached hydrogens (tertiary/aromatic N) is 1. The lowest BCUT2D eigenvalue weighted by atomic mass is 10.4. The number of aromatic nitrogens is 2. The average Bonchev–Trinajstić information content (AvgIpc) is 2.27. The Balaban J connectivity index is 2.92. The fourth-order valence-corrected chi connectivity index (χ4v) is 1.00. The molecule has 5 heteroatoms. The molecule has 0 unspecified atom stereocenters. The van der Waals surface area contributed by atoms with Crippen molar-refractivity contribution in [3.8, 4) is 0 Å². The maximum atomic E-state index is 12.4. The third kappa shape index (κ3) is 1.03. The van der Waals surface area contributed by atoms with E-state index in [-0.39, 0.29) is 4.84 Å². The van der Waals surface area contributed by atoms with Crippen LogP contribution in [0.15, 0.2) is 16.5 Å². The number of nitrogens with one attached hydrogen (secondary N) is 1. The van der Waals surface area contributed by atoms with Crippen LogP contribution in [0.3, 0.4) is 0 Å². The van der Waals surface area contributed by atoms with Gasteiger partial charge in [0, 0.05) is 0 Å². The van der Waals surface area contributed by atoms with E-state index in [0.29, 0.717) is 11.2 Å². The van der Waals surface area contributed by atoms with Crippen LogP contribution in [0.1, 0.15) is 0 Å². The predicted molar refractivity (Wildman–Crippen MR) is 39.2 cm³/mol. The minimum atomic E-state index is -0.551. The van der Waals surface area contributed by atoms with Gasteiger partial charge in [0.15, 0.2) is 11.2 Å². The van der Waals surface area contributed by atoms with Crippen LogP contribution in [0.2, 0.25) is 0 Å². The van der Waals surface area contributed by atoms with Gasteiger partial charge in [-0.3, -0.25) is 4.98 Å². The number of oxazole rings is 1. The van der Waals surface area contributed by atoms with Crippen molar-refractivity contribution < 1.29 is 8.81 Å². The molecular formula is C6H3FN2OS. The molecule has 0 saturated carbocycles. The van der Waals surface area contributed by atoms with Crippen molar-refractivity contribution in [2.45, 2.75) is 0 Å². The standard InChI is InChI=1S/C6H3FN2OS/c7-4-2-1-3-5(8-4)9-6(11)10-3/h1-2H,(H,8,9,11). The van der Waals surface area contributed by atoms with Gasteiger partial charge in [0.05, 0.1) is 0 Å². The third-order valence-corrected chi connectivity index (χ3v) is 1.43. The van der Waals surface area contributed by atoms with Gasteiger partial charge in [-0.2, -0.15) is 9.37 Å². The van der Waals surface area contributed by atoms with Crippen LogP contribution in [0.25, 0.3) is 11.2 Å². The number of aromatic amines is 1. The average molecular weight is 170 g/mol. The fraction of sp³-hybridized carbons (Fsp3) is 0. The van der Waals surface area contributed by atoms with Crippen molar-refractivity contribution in [2.24, 2.45) is 0 Å². The highest BCUT2D eigenvalue weighted by Crippen LogP contribution is 2.10. The van der Waals surface area contributed by atoms with Crippen LogP contribution in [0, 0.1) is 10.8 Å². The van der Waals surface area contributed by atoms with E-state index in [1.54, 1.807) is 0 Å². The summed E-state index contributed by atoms with van der Waals surface area (Å²) in [6, 6.07) is 2.69. The topological polar surface area (TPSA) is 41.8 Å². The smallest absolute Gasteiger partial charge is 0.268 e. The van der Waals surface area contributed by atoms with Gasteiger partial charge in [0.2, 0.25) is 5.95 Å². The Kier molecular flexibility index (Phi) is 1.25. The Morgan fingerprint density at radius 1 is 1.55 bits per heavy atom. The first-order valence-corrected chi connectivity index (χ1v) is 3.32. The van der Waals surface area contributed by atoms with Crippen molar-refractivity contribution in [1.29, 1.82) is 0 Å². The highest BCUT2D eigenvalue weighted by atomic mass is 32.1. The molecule has 3 nitrogen and oxygen atoms in total. The van der Waals surface area contributed by atoms with Gasteiger partial charge in [0.25, 0.3) is 4.84 Å². The SMILES string of the molecule is Fc1ccc2oc(=S)[nH]c2n1. The zero-order valence-electron chi connectivity index (χ0n) is 5.30. The maximum Gasteiger partial charge on any atom is 0.268 e. The Morgan fingerprint density at radius 3 is 3.18 bits per heavy atom. The van der Waals surface area contributed by atoms with E-state index < -0.39 is 5.95 Å². The molecule has 0 amide bonds. The Labute approximate surface area is 65.9 Å². The van der Waals surface area contributed by atoms with E-state index in [1.165, 1.54) is 12.1 Å². The molecule has 1 N–H and O–H groups in total. The molecule has 0 fully saturated rings. The summed E-state index contributed by atoms with van der Waals surface area (Å²) in [6.45, 7) is 0. The first kappa shape index (κ1) is 6.48. The van der Waals surface area contributed by atoms with Gasteiger partial charge in [-0.15, -0.1) is 0 Å². The molecule has 0 saturated heterocycles. The Morgan fingerprint density at radius 2 is 2.36 bits per heavy atom. The van der Waals surface area contributed by atoms with Crippen molar-refractivity contribution in [3.63, 3.8) is 0 Å². The zero-order valence-corrected chi connectivity index (χ0v) is 6.11. The van der Waals surface area contributed by atoms with Crippen molar-refractivity contribution >= 4 is 23.4 Å². The van der Waals surface area contributed by atoms with E-state index in [2.05, 4.69) is 22.2 Å². The summed E-state index contributed by atoms with van der Waals surface area (Å²) >= 11 is 4.67. The lowest BCUT2D eigenvalue weighted by Crippen LogP contribution is -1.80. The minimum Gasteiger partial charge on any atom is -0.428 e. The normalized spacial score (nSPS) is 10.6. The van der Waals surface area contributed by atoms with Crippen LogP contribution >= 0.6 is 12.2 Å². The van der Waals surface area contributed by atoms with Gasteiger partial charge in [-0.25, -0.2) is 0 Å². The van der Waals surface area contributed by atoms with Crippen LogP contribution in [-0.4, -0.2) is 9.97 Å². The molecule has 2 aromatic rings. The molecule has 56 valence electrons. The van der Waals surface area contributed by atoms with E-state index in [1.807, 2.05) is 0 Å². The summed E-state index contributed by atoms with van der Waals surface area (Å²) in [7, 11) is 0. The maximum absolute atomic E-state index is 12.4. The summed E-state index contributed by atoms with van der Waals surface area (Å²) in [6.07, 6.45) is 0. The van der Waals surface area contributed by atoms with Gasteiger partial charge in [-0.05, 0) is 24.4 Å². The number of halogens is 1. The van der Waals surface area contributed by atoms with E-state index in [0.717, 1.165) is 0 Å². The van der Waals surface area contributed by atoms with E-state index >= 15 is 0 Å². The largest absolute Gasteiger partial charge is 0.428 e. The lowest BCUT2D eigenvalue weighted by Gasteiger charge is -1.84. The quantitative estimate of drug-likeness (QED) is 0.485. The molecular weight excluding hydrogens is 167 g/mol. The summed E-state index contributed by atoms with van der Waals surface area (Å²) in [4.78, 5) is 6.32. The molecule has 2 heterocycles. The molecule has 2 rings (SSSR count). The van der Waals surface area contributed by atoms with Crippen molar-refractivity contribution in [1.82, 2.24) is 9.97 Å². The number of H-pyrrole nitrogens is 1. The highest BCUT2D eigenvalue weighted by molar-refractivity contribution is 7.71. The first-order chi connectivity index (χ1) is 5.25. The molecule has 0 aliphatic carbocycles. The van der Waals surface area contributed by atoms with Crippen molar-refractivity contribution in [2.75, 3.05) is 0 Å². The van der Waals surface area contributed by atoms with Crippen LogP contribution in [-0.2, 0) is 0 Å². The van der Waals surface area contributed by atoms with Gasteiger partial charge in [0.1, 0.15) is 0 Å². The van der Waals surface area contributed by atoms with Crippen LogP contribution in [0.5, 0.6) is 0 Å². The van der Waals surface area contributed by atoms with Gasteiger partial charge >= 0.3 is 0 Å². The summed E-state index contributed by atoms with van der Waals surface area (Å²) in [5, 5.41) is 0. The summed E-state index contributed by atoms with van der Waals surface area (Å²) in [5.74, 6) is -0.551. The molecule has 0 spiro atoms. The zero-order chi connectivity index (χ0) is 7.84. The second-order valence-corrected chi connectivity index (χ2v) is 2.37. The highest BCUT2D eigenvalue weighted by Gasteiger charge is 2.00. The lowest BCUT2D eigenvalue weighted by molar-refractivity contribution is 0.575. The molecule has 0 bridgehead atoms. The second-order valence-electron chi connectivity index (χ2n) is 2.00. The number of pyridine rings is 1. The predicted octanol–water partition coefficient (Wildman–Crippen LogP) is 2.02. The Hall–Kier alpha value is -1.23. The second kappa shape index (κ2) is 2.13.